The Morgan fingerprint density at radius 1 is 1.35 bits per heavy atom. The molecular weight excluding hydrogens is 298 g/mol. The minimum absolute atomic E-state index is 0.107. The maximum Gasteiger partial charge on any atom is 0.271 e. The van der Waals surface area contributed by atoms with E-state index in [4.69, 9.17) is 0 Å². The number of rotatable bonds is 3. The molecule has 1 atom stereocenters. The van der Waals surface area contributed by atoms with Crippen LogP contribution in [0.15, 0.2) is 30.3 Å². The van der Waals surface area contributed by atoms with Gasteiger partial charge in [-0.2, -0.15) is 5.10 Å². The van der Waals surface area contributed by atoms with Crippen LogP contribution in [0.25, 0.3) is 11.3 Å². The molecule has 2 aromatic rings. The molecule has 0 spiro atoms. The maximum atomic E-state index is 12.5. The fourth-order valence-electron chi connectivity index (χ4n) is 2.80. The molecule has 0 radical (unpaired) electrons. The number of nitrogens with zero attached hydrogens (tertiary/aromatic N) is 2. The molecule has 1 fully saturated rings. The molecule has 122 valence electrons. The van der Waals surface area contributed by atoms with Crippen LogP contribution in [-0.4, -0.2) is 61.6 Å². The number of carbonyl (C=O) groups is 1. The van der Waals surface area contributed by atoms with Crippen LogP contribution in [0.3, 0.4) is 0 Å². The van der Waals surface area contributed by atoms with E-state index in [2.05, 4.69) is 10.2 Å². The van der Waals surface area contributed by atoms with Crippen LogP contribution in [0.5, 0.6) is 5.75 Å². The number of likely N-dealkylation sites (tertiary alicyclic amines) is 1. The van der Waals surface area contributed by atoms with Gasteiger partial charge >= 0.3 is 0 Å². The molecule has 0 aliphatic carbocycles. The molecule has 7 nitrogen and oxygen atoms in total. The Labute approximate surface area is 133 Å². The van der Waals surface area contributed by atoms with Crippen molar-refractivity contribution in [2.75, 3.05) is 19.7 Å². The SMILES string of the molecule is O=C(c1cc(-c2ccc(O)cc2)n[nH]1)N1CCC[C@](O)(CO)C1. The highest BCUT2D eigenvalue weighted by Crippen LogP contribution is 2.24. The Hall–Kier alpha value is -2.38. The normalized spacial score (nSPS) is 21.4. The molecule has 4 N–H and O–H groups in total. The van der Waals surface area contributed by atoms with Gasteiger partial charge in [0.25, 0.3) is 5.91 Å². The maximum absolute atomic E-state index is 12.5. The van der Waals surface area contributed by atoms with Gasteiger partial charge in [-0.1, -0.05) is 0 Å². The topological polar surface area (TPSA) is 110 Å². The van der Waals surface area contributed by atoms with Crippen molar-refractivity contribution in [1.82, 2.24) is 15.1 Å². The van der Waals surface area contributed by atoms with Gasteiger partial charge in [0.1, 0.15) is 17.0 Å². The summed E-state index contributed by atoms with van der Waals surface area (Å²) in [5.41, 5.74) is 0.481. The molecule has 1 amide bonds. The number of aliphatic hydroxyl groups is 2. The Morgan fingerprint density at radius 2 is 2.09 bits per heavy atom. The van der Waals surface area contributed by atoms with E-state index >= 15 is 0 Å². The third-order valence-electron chi connectivity index (χ3n) is 4.11. The molecule has 0 saturated carbocycles. The number of phenols is 1. The van der Waals surface area contributed by atoms with Gasteiger partial charge in [-0.25, -0.2) is 0 Å². The van der Waals surface area contributed by atoms with Gasteiger partial charge in [-0.05, 0) is 43.2 Å². The van der Waals surface area contributed by atoms with Gasteiger partial charge in [0.2, 0.25) is 0 Å². The molecular formula is C16H19N3O4. The summed E-state index contributed by atoms with van der Waals surface area (Å²) in [6.45, 7) is 0.281. The molecule has 0 bridgehead atoms. The summed E-state index contributed by atoms with van der Waals surface area (Å²) >= 11 is 0. The monoisotopic (exact) mass is 317 g/mol. The second kappa shape index (κ2) is 6.02. The van der Waals surface area contributed by atoms with Crippen LogP contribution in [0.2, 0.25) is 0 Å². The Balaban J connectivity index is 1.77. The van der Waals surface area contributed by atoms with E-state index in [1.807, 2.05) is 0 Å². The van der Waals surface area contributed by atoms with Crippen molar-refractivity contribution in [2.45, 2.75) is 18.4 Å². The van der Waals surface area contributed by atoms with Crippen molar-refractivity contribution < 1.29 is 20.1 Å². The van der Waals surface area contributed by atoms with Gasteiger partial charge in [-0.15, -0.1) is 0 Å². The molecule has 0 unspecified atom stereocenters. The minimum atomic E-state index is -1.23. The van der Waals surface area contributed by atoms with Crippen LogP contribution in [0, 0.1) is 0 Å². The molecule has 1 aliphatic heterocycles. The molecule has 1 aromatic carbocycles. The zero-order valence-corrected chi connectivity index (χ0v) is 12.6. The average molecular weight is 317 g/mol. The number of amides is 1. The lowest BCUT2D eigenvalue weighted by atomic mass is 9.93. The van der Waals surface area contributed by atoms with E-state index in [1.165, 1.54) is 4.90 Å². The van der Waals surface area contributed by atoms with E-state index in [0.29, 0.717) is 30.8 Å². The number of aliphatic hydroxyl groups excluding tert-OH is 1. The predicted molar refractivity (Wildman–Crippen MR) is 82.9 cm³/mol. The van der Waals surface area contributed by atoms with Gasteiger partial charge in [-0.3, -0.25) is 9.89 Å². The molecule has 2 heterocycles. The average Bonchev–Trinajstić information content (AvgIpc) is 3.05. The zero-order chi connectivity index (χ0) is 16.4. The van der Waals surface area contributed by atoms with Crippen LogP contribution in [0.1, 0.15) is 23.3 Å². The van der Waals surface area contributed by atoms with Crippen LogP contribution < -0.4 is 0 Å². The Kier molecular flexibility index (Phi) is 4.06. The summed E-state index contributed by atoms with van der Waals surface area (Å²) in [7, 11) is 0. The molecule has 1 saturated heterocycles. The van der Waals surface area contributed by atoms with E-state index in [-0.39, 0.29) is 24.8 Å². The highest BCUT2D eigenvalue weighted by molar-refractivity contribution is 5.93. The summed E-state index contributed by atoms with van der Waals surface area (Å²) in [5, 5.41) is 35.6. The number of β-amino-alcohol motifs (C(OH)–C–C–N with tert-alkyl or cyclic N) is 1. The summed E-state index contributed by atoms with van der Waals surface area (Å²) < 4.78 is 0. The van der Waals surface area contributed by atoms with Crippen molar-refractivity contribution in [3.63, 3.8) is 0 Å². The lowest BCUT2D eigenvalue weighted by Crippen LogP contribution is -2.52. The molecule has 1 aromatic heterocycles. The van der Waals surface area contributed by atoms with Gasteiger partial charge < -0.3 is 20.2 Å². The second-order valence-electron chi connectivity index (χ2n) is 5.93. The number of phenolic OH excluding ortho intramolecular Hbond substituents is 1. The quantitative estimate of drug-likeness (QED) is 0.667. The fourth-order valence-corrected chi connectivity index (χ4v) is 2.80. The Bertz CT molecular complexity index is 698. The van der Waals surface area contributed by atoms with Crippen LogP contribution >= 0.6 is 0 Å². The summed E-state index contributed by atoms with van der Waals surface area (Å²) in [6, 6.07) is 8.17. The van der Waals surface area contributed by atoms with Crippen LogP contribution in [-0.2, 0) is 0 Å². The van der Waals surface area contributed by atoms with Crippen molar-refractivity contribution in [3.05, 3.63) is 36.0 Å². The number of aromatic nitrogens is 2. The fraction of sp³-hybridized carbons (Fsp3) is 0.375. The minimum Gasteiger partial charge on any atom is -0.508 e. The van der Waals surface area contributed by atoms with E-state index < -0.39 is 5.60 Å². The first-order valence-corrected chi connectivity index (χ1v) is 7.48. The number of aromatic amines is 1. The molecule has 7 heteroatoms. The van der Waals surface area contributed by atoms with E-state index in [0.717, 1.165) is 5.56 Å². The summed E-state index contributed by atoms with van der Waals surface area (Å²) in [6.07, 6.45) is 1.12. The van der Waals surface area contributed by atoms with Crippen molar-refractivity contribution in [2.24, 2.45) is 0 Å². The number of hydrogen-bond donors (Lipinski definition) is 4. The summed E-state index contributed by atoms with van der Waals surface area (Å²) in [5.74, 6) is -0.0914. The first kappa shape index (κ1) is 15.5. The summed E-state index contributed by atoms with van der Waals surface area (Å²) in [4.78, 5) is 14.0. The van der Waals surface area contributed by atoms with Crippen molar-refractivity contribution in [3.8, 4) is 17.0 Å². The third kappa shape index (κ3) is 3.20. The van der Waals surface area contributed by atoms with Gasteiger partial charge in [0.15, 0.2) is 0 Å². The van der Waals surface area contributed by atoms with Crippen molar-refractivity contribution >= 4 is 5.91 Å². The smallest absolute Gasteiger partial charge is 0.271 e. The number of carbonyl (C=O) groups excluding carboxylic acids is 1. The third-order valence-corrected chi connectivity index (χ3v) is 4.11. The highest BCUT2D eigenvalue weighted by Gasteiger charge is 2.35. The molecule has 3 rings (SSSR count). The van der Waals surface area contributed by atoms with E-state index in [1.54, 1.807) is 30.3 Å². The first-order chi connectivity index (χ1) is 11.0. The standard InChI is InChI=1S/C16H19N3O4/c20-10-16(23)6-1-7-19(9-16)15(22)14-8-13(17-18-14)11-2-4-12(21)5-3-11/h2-5,8,20-21,23H,1,6-7,9-10H2,(H,17,18)/t16-/m1/s1. The highest BCUT2D eigenvalue weighted by atomic mass is 16.3. The molecule has 23 heavy (non-hydrogen) atoms. The Morgan fingerprint density at radius 3 is 2.78 bits per heavy atom. The number of hydrogen-bond acceptors (Lipinski definition) is 5. The van der Waals surface area contributed by atoms with Crippen molar-refractivity contribution in [1.29, 1.82) is 0 Å². The van der Waals surface area contributed by atoms with Crippen LogP contribution in [0.4, 0.5) is 0 Å². The number of nitrogens with one attached hydrogen (secondary N) is 1. The largest absolute Gasteiger partial charge is 0.508 e. The number of piperidine rings is 1. The number of aromatic hydroxyl groups is 1. The lowest BCUT2D eigenvalue weighted by Gasteiger charge is -2.37. The number of H-pyrrole nitrogens is 1. The first-order valence-electron chi connectivity index (χ1n) is 7.48. The van der Waals surface area contributed by atoms with E-state index in [9.17, 15) is 20.1 Å². The van der Waals surface area contributed by atoms with Gasteiger partial charge in [0, 0.05) is 12.1 Å². The zero-order valence-electron chi connectivity index (χ0n) is 12.6. The molecule has 1 aliphatic rings. The predicted octanol–water partition coefficient (Wildman–Crippen LogP) is 0.742. The second-order valence-corrected chi connectivity index (χ2v) is 5.93. The number of benzene rings is 1. The lowest BCUT2D eigenvalue weighted by molar-refractivity contribution is -0.0599. The van der Waals surface area contributed by atoms with Gasteiger partial charge in [0.05, 0.1) is 18.8 Å².